The molecule has 0 aliphatic carbocycles. The quantitative estimate of drug-likeness (QED) is 0.118. The monoisotopic (exact) mass is 612 g/mol. The van der Waals surface area contributed by atoms with Crippen LogP contribution in [0.2, 0.25) is 0 Å². The standard InChI is InChI=1S/C25H27F3N6O7S/c1-15-6-8-19(9-7-15)22-14-23(25(26,27)28)29-33(22)20-10-12-21(13-11-20)42(38,39)30-24(36)16(2)32(5)34(37)31-41-18(4)40-17(3)35/h6-14,16,18H,1-5H3,(H,30,36)/t16-,18?/m0/s1. The van der Waals surface area contributed by atoms with Crippen LogP contribution in [0.5, 0.6) is 0 Å². The van der Waals surface area contributed by atoms with Crippen molar-refractivity contribution in [2.75, 3.05) is 7.05 Å². The zero-order valence-corrected chi connectivity index (χ0v) is 23.8. The number of esters is 1. The Labute approximate surface area is 238 Å². The number of likely N-dealkylation sites (N-methyl/N-ethyl adjacent to an activating group) is 1. The lowest BCUT2D eigenvalue weighted by molar-refractivity contribution is -0.711. The van der Waals surface area contributed by atoms with Gasteiger partial charge in [-0.3, -0.25) is 14.4 Å². The number of aromatic nitrogens is 2. The molecule has 1 N–H and O–H groups in total. The van der Waals surface area contributed by atoms with E-state index in [1.54, 1.807) is 24.3 Å². The summed E-state index contributed by atoms with van der Waals surface area (Å²) in [5.74, 6) is -1.79. The number of carbonyl (C=O) groups excluding carboxylic acids is 2. The van der Waals surface area contributed by atoms with Gasteiger partial charge in [-0.05, 0) is 44.2 Å². The molecule has 0 bridgehead atoms. The van der Waals surface area contributed by atoms with Crippen molar-refractivity contribution in [2.24, 2.45) is 5.28 Å². The summed E-state index contributed by atoms with van der Waals surface area (Å²) in [5, 5.41) is 19.6. The third-order valence-corrected chi connectivity index (χ3v) is 7.14. The van der Waals surface area contributed by atoms with Crippen molar-refractivity contribution in [3.05, 3.63) is 71.1 Å². The van der Waals surface area contributed by atoms with Gasteiger partial charge in [0.2, 0.25) is 5.28 Å². The number of ether oxygens (including phenoxy) is 1. The van der Waals surface area contributed by atoms with E-state index in [-0.39, 0.29) is 21.2 Å². The number of hydrogen-bond acceptors (Lipinski definition) is 9. The average Bonchev–Trinajstić information content (AvgIpc) is 3.37. The highest BCUT2D eigenvalue weighted by Gasteiger charge is 2.35. The van der Waals surface area contributed by atoms with Gasteiger partial charge in [-0.1, -0.05) is 29.8 Å². The van der Waals surface area contributed by atoms with Crippen molar-refractivity contribution >= 4 is 21.9 Å². The predicted molar refractivity (Wildman–Crippen MR) is 140 cm³/mol. The first-order valence-electron chi connectivity index (χ1n) is 12.1. The maximum Gasteiger partial charge on any atom is 0.435 e. The second kappa shape index (κ2) is 12.5. The number of hydrogen-bond donors (Lipinski definition) is 1. The van der Waals surface area contributed by atoms with Crippen LogP contribution in [0.4, 0.5) is 13.2 Å². The van der Waals surface area contributed by atoms with Gasteiger partial charge in [0, 0.05) is 19.4 Å². The van der Waals surface area contributed by atoms with Crippen LogP contribution in [0.1, 0.15) is 32.0 Å². The molecule has 2 atom stereocenters. The minimum absolute atomic E-state index is 0.127. The van der Waals surface area contributed by atoms with Gasteiger partial charge in [-0.15, -0.1) is 5.01 Å². The van der Waals surface area contributed by atoms with E-state index in [0.717, 1.165) is 42.4 Å². The molecule has 226 valence electrons. The van der Waals surface area contributed by atoms with Crippen LogP contribution in [0.15, 0.2) is 64.8 Å². The van der Waals surface area contributed by atoms with Crippen molar-refractivity contribution in [1.82, 2.24) is 19.5 Å². The van der Waals surface area contributed by atoms with Gasteiger partial charge in [-0.2, -0.15) is 18.3 Å². The Morgan fingerprint density at radius 1 is 1.12 bits per heavy atom. The number of nitrogens with zero attached hydrogens (tertiary/aromatic N) is 5. The topological polar surface area (TPSA) is 158 Å². The molecular weight excluding hydrogens is 585 g/mol. The lowest BCUT2D eigenvalue weighted by atomic mass is 10.1. The summed E-state index contributed by atoms with van der Waals surface area (Å²) in [4.78, 5) is 27.7. The van der Waals surface area contributed by atoms with Crippen LogP contribution in [-0.4, -0.2) is 59.4 Å². The highest BCUT2D eigenvalue weighted by atomic mass is 32.2. The summed E-state index contributed by atoms with van der Waals surface area (Å²) in [6.07, 6.45) is -5.92. The molecule has 0 saturated heterocycles. The van der Waals surface area contributed by atoms with Gasteiger partial charge < -0.3 is 9.94 Å². The molecule has 42 heavy (non-hydrogen) atoms. The summed E-state index contributed by atoms with van der Waals surface area (Å²) in [7, 11) is -3.33. The zero-order valence-electron chi connectivity index (χ0n) is 23.0. The van der Waals surface area contributed by atoms with E-state index < -0.39 is 46.1 Å². The van der Waals surface area contributed by atoms with Crippen molar-refractivity contribution in [1.29, 1.82) is 0 Å². The molecular formula is C25H27F3N6O7S. The number of benzene rings is 2. The molecule has 3 aromatic rings. The summed E-state index contributed by atoms with van der Waals surface area (Å²) in [6, 6.07) is 10.9. The van der Waals surface area contributed by atoms with Gasteiger partial charge in [0.1, 0.15) is 0 Å². The Kier molecular flexibility index (Phi) is 9.45. The minimum atomic E-state index is -4.72. The Bertz CT molecular complexity index is 1570. The number of carbonyl (C=O) groups is 2. The highest BCUT2D eigenvalue weighted by Crippen LogP contribution is 2.33. The molecule has 0 spiro atoms. The summed E-state index contributed by atoms with van der Waals surface area (Å²) in [6.45, 7) is 5.45. The molecule has 13 nitrogen and oxygen atoms in total. The van der Waals surface area contributed by atoms with E-state index in [4.69, 9.17) is 0 Å². The zero-order chi connectivity index (χ0) is 31.4. The molecule has 0 aliphatic rings. The average molecular weight is 613 g/mol. The van der Waals surface area contributed by atoms with E-state index in [2.05, 4.69) is 20.0 Å². The van der Waals surface area contributed by atoms with E-state index in [9.17, 15) is 36.4 Å². The fourth-order valence-corrected chi connectivity index (χ4v) is 4.47. The molecule has 1 heterocycles. The molecule has 0 fully saturated rings. The second-order valence-electron chi connectivity index (χ2n) is 9.02. The molecule has 1 unspecified atom stereocenters. The minimum Gasteiger partial charge on any atom is -0.569 e. The Hall–Kier alpha value is -4.67. The number of sulfonamides is 1. The first-order chi connectivity index (χ1) is 19.5. The van der Waals surface area contributed by atoms with Gasteiger partial charge >= 0.3 is 12.1 Å². The van der Waals surface area contributed by atoms with E-state index in [0.29, 0.717) is 10.6 Å². The van der Waals surface area contributed by atoms with Crippen molar-refractivity contribution in [2.45, 2.75) is 51.1 Å². The SMILES string of the molecule is CC(=O)OC(C)ON=[N+]([O-])N(C)[C@@H](C)C(=O)NS(=O)(=O)c1ccc(-n2nc(C(F)(F)F)cc2-c2ccc(C)cc2)cc1. The lowest BCUT2D eigenvalue weighted by Gasteiger charge is -2.20. The number of amides is 1. The second-order valence-corrected chi connectivity index (χ2v) is 10.7. The van der Waals surface area contributed by atoms with Gasteiger partial charge in [0.25, 0.3) is 22.2 Å². The number of halogens is 3. The van der Waals surface area contributed by atoms with E-state index >= 15 is 0 Å². The number of alkyl halides is 3. The van der Waals surface area contributed by atoms with E-state index in [1.807, 2.05) is 11.6 Å². The van der Waals surface area contributed by atoms with Gasteiger partial charge in [0.15, 0.2) is 11.7 Å². The summed E-state index contributed by atoms with van der Waals surface area (Å²) in [5.41, 5.74) is 0.479. The predicted octanol–water partition coefficient (Wildman–Crippen LogP) is 3.71. The molecule has 1 amide bonds. The molecule has 3 rings (SSSR count). The van der Waals surface area contributed by atoms with Crippen molar-refractivity contribution < 1.29 is 45.7 Å². The Balaban J connectivity index is 1.80. The van der Waals surface area contributed by atoms with Crippen LogP contribution in [0, 0.1) is 12.1 Å². The fraction of sp³-hybridized carbons (Fsp3) is 0.320. The largest absolute Gasteiger partial charge is 0.569 e. The van der Waals surface area contributed by atoms with E-state index in [1.165, 1.54) is 26.0 Å². The van der Waals surface area contributed by atoms with Gasteiger partial charge in [-0.25, -0.2) is 17.8 Å². The number of aryl methyl sites for hydroxylation is 1. The Morgan fingerprint density at radius 2 is 1.71 bits per heavy atom. The number of nitrogens with one attached hydrogen (secondary N) is 1. The first-order valence-corrected chi connectivity index (χ1v) is 13.6. The van der Waals surface area contributed by atoms with Crippen LogP contribution < -0.4 is 4.72 Å². The summed E-state index contributed by atoms with van der Waals surface area (Å²) < 4.78 is 73.6. The third kappa shape index (κ3) is 7.74. The number of hydrazine groups is 1. The molecule has 0 radical (unpaired) electrons. The highest BCUT2D eigenvalue weighted by molar-refractivity contribution is 7.90. The molecule has 0 aliphatic heterocycles. The molecule has 1 aromatic heterocycles. The van der Waals surface area contributed by atoms with Gasteiger partial charge in [0.05, 0.1) is 28.3 Å². The smallest absolute Gasteiger partial charge is 0.435 e. The lowest BCUT2D eigenvalue weighted by Crippen LogP contribution is -2.47. The van der Waals surface area contributed by atoms with Crippen LogP contribution in [0.3, 0.4) is 0 Å². The van der Waals surface area contributed by atoms with Crippen LogP contribution in [0.25, 0.3) is 16.9 Å². The number of rotatable bonds is 10. The first kappa shape index (κ1) is 31.9. The molecule has 0 saturated carbocycles. The Morgan fingerprint density at radius 3 is 2.26 bits per heavy atom. The summed E-state index contributed by atoms with van der Waals surface area (Å²) >= 11 is 0. The van der Waals surface area contributed by atoms with Crippen molar-refractivity contribution in [3.63, 3.8) is 0 Å². The van der Waals surface area contributed by atoms with Crippen molar-refractivity contribution in [3.8, 4) is 16.9 Å². The molecule has 2 aromatic carbocycles. The third-order valence-electron chi connectivity index (χ3n) is 5.78. The van der Waals surface area contributed by atoms with Crippen LogP contribution in [-0.2, 0) is 35.4 Å². The maximum atomic E-state index is 13.5. The normalized spacial score (nSPS) is 13.7. The fourth-order valence-electron chi connectivity index (χ4n) is 3.43. The maximum absolute atomic E-state index is 13.5. The molecule has 17 heteroatoms. The van der Waals surface area contributed by atoms with Crippen LogP contribution >= 0.6 is 0 Å².